The molecule has 0 aliphatic heterocycles. The van der Waals surface area contributed by atoms with Crippen LogP contribution in [0.1, 0.15) is 6.42 Å². The molecule has 6 nitrogen and oxygen atoms in total. The van der Waals surface area contributed by atoms with Crippen LogP contribution < -0.4 is 14.4 Å². The topological polar surface area (TPSA) is 83.6 Å². The van der Waals surface area contributed by atoms with Crippen LogP contribution in [0.15, 0.2) is 60.7 Å². The van der Waals surface area contributed by atoms with Gasteiger partial charge in [-0.05, 0) is 24.3 Å². The second-order valence-electron chi connectivity index (χ2n) is 6.54. The first-order chi connectivity index (χ1) is 13.2. The fourth-order valence-corrected chi connectivity index (χ4v) is 2.82. The van der Waals surface area contributed by atoms with Gasteiger partial charge in [0.15, 0.2) is 0 Å². The zero-order valence-electron chi connectivity index (χ0n) is 15.5. The average molecular weight is 376 g/mol. The zero-order chi connectivity index (χ0) is 19.3. The van der Waals surface area contributed by atoms with E-state index in [2.05, 4.69) is 0 Å². The quantitative estimate of drug-likeness (QED) is 0.400. The molecule has 0 heterocycles. The van der Waals surface area contributed by atoms with Crippen molar-refractivity contribution in [2.75, 3.05) is 39.5 Å². The number of rotatable bonds is 13. The summed E-state index contributed by atoms with van der Waals surface area (Å²) in [6.45, 7) is 1.95. The number of aliphatic hydroxyl groups excluding tert-OH is 3. The van der Waals surface area contributed by atoms with Crippen LogP contribution in [-0.4, -0.2) is 67.0 Å². The fourth-order valence-electron chi connectivity index (χ4n) is 2.82. The van der Waals surface area contributed by atoms with Gasteiger partial charge in [-0.15, -0.1) is 0 Å². The van der Waals surface area contributed by atoms with Crippen molar-refractivity contribution in [3.63, 3.8) is 0 Å². The molecule has 2 rings (SSSR count). The van der Waals surface area contributed by atoms with Gasteiger partial charge in [0.1, 0.15) is 50.0 Å². The Kier molecular flexibility index (Phi) is 9.65. The van der Waals surface area contributed by atoms with Gasteiger partial charge in [-0.1, -0.05) is 36.4 Å². The van der Waals surface area contributed by atoms with E-state index < -0.39 is 12.2 Å². The molecule has 2 atom stereocenters. The summed E-state index contributed by atoms with van der Waals surface area (Å²) < 4.78 is 11.2. The molecule has 0 amide bonds. The Bertz CT molecular complexity index is 559. The molecule has 6 heteroatoms. The summed E-state index contributed by atoms with van der Waals surface area (Å²) in [7, 11) is 0. The minimum atomic E-state index is -0.666. The van der Waals surface area contributed by atoms with E-state index in [1.54, 1.807) is 0 Å². The number of benzene rings is 2. The number of hydrogen-bond donors (Lipinski definition) is 4. The first-order valence-corrected chi connectivity index (χ1v) is 9.33. The van der Waals surface area contributed by atoms with Gasteiger partial charge in [-0.2, -0.15) is 0 Å². The Hall–Kier alpha value is -2.12. The molecule has 0 fully saturated rings. The van der Waals surface area contributed by atoms with E-state index in [1.807, 2.05) is 60.7 Å². The number of hydrogen-bond acceptors (Lipinski definition) is 5. The predicted molar refractivity (Wildman–Crippen MR) is 103 cm³/mol. The zero-order valence-corrected chi connectivity index (χ0v) is 15.5. The SMILES string of the molecule is OCCC[NH+](C[C@@H](O)COc1ccccc1)C[C@@H](O)COc1ccccc1. The fraction of sp³-hybridized carbons (Fsp3) is 0.429. The molecule has 0 bridgehead atoms. The van der Waals surface area contributed by atoms with E-state index in [0.717, 1.165) is 4.90 Å². The van der Waals surface area contributed by atoms with E-state index in [9.17, 15) is 10.2 Å². The first-order valence-electron chi connectivity index (χ1n) is 9.33. The van der Waals surface area contributed by atoms with E-state index in [0.29, 0.717) is 37.6 Å². The second kappa shape index (κ2) is 12.3. The molecule has 0 aliphatic carbocycles. The van der Waals surface area contributed by atoms with Crippen LogP contribution in [0.2, 0.25) is 0 Å². The van der Waals surface area contributed by atoms with Crippen molar-refractivity contribution in [2.45, 2.75) is 18.6 Å². The van der Waals surface area contributed by atoms with Crippen LogP contribution in [0.5, 0.6) is 11.5 Å². The van der Waals surface area contributed by atoms with Crippen molar-refractivity contribution < 1.29 is 29.7 Å². The van der Waals surface area contributed by atoms with Crippen LogP contribution in [0.3, 0.4) is 0 Å². The Morgan fingerprint density at radius 2 is 1.19 bits per heavy atom. The van der Waals surface area contributed by atoms with Crippen LogP contribution in [0, 0.1) is 0 Å². The molecule has 2 aromatic carbocycles. The predicted octanol–water partition coefficient (Wildman–Crippen LogP) is 0.134. The molecule has 0 spiro atoms. The van der Waals surface area contributed by atoms with E-state index >= 15 is 0 Å². The summed E-state index contributed by atoms with van der Waals surface area (Å²) in [6, 6.07) is 18.7. The van der Waals surface area contributed by atoms with Gasteiger partial charge < -0.3 is 29.7 Å². The Labute approximate surface area is 160 Å². The molecular formula is C21H30NO5+. The monoisotopic (exact) mass is 376 g/mol. The molecule has 0 radical (unpaired) electrons. The standard InChI is InChI=1S/C21H29NO5/c23-13-7-12-22(14-18(24)16-26-20-8-3-1-4-9-20)15-19(25)17-27-21-10-5-2-6-11-21/h1-6,8-11,18-19,23-25H,7,12-17H2/p+1/t18-,19-/m1/s1. The van der Waals surface area contributed by atoms with Gasteiger partial charge in [-0.25, -0.2) is 0 Å². The normalized spacial score (nSPS) is 13.3. The molecule has 2 aromatic rings. The smallest absolute Gasteiger partial charge is 0.137 e. The molecule has 0 unspecified atom stereocenters. The van der Waals surface area contributed by atoms with Crippen molar-refractivity contribution in [3.05, 3.63) is 60.7 Å². The van der Waals surface area contributed by atoms with E-state index in [4.69, 9.17) is 14.6 Å². The number of nitrogens with one attached hydrogen (secondary N) is 1. The summed E-state index contributed by atoms with van der Waals surface area (Å²) in [4.78, 5) is 0.998. The molecular weight excluding hydrogens is 346 g/mol. The van der Waals surface area contributed by atoms with E-state index in [1.165, 1.54) is 0 Å². The summed E-state index contributed by atoms with van der Waals surface area (Å²) in [5.41, 5.74) is 0. The highest BCUT2D eigenvalue weighted by atomic mass is 16.5. The third-order valence-corrected chi connectivity index (χ3v) is 4.11. The molecule has 4 N–H and O–H groups in total. The lowest BCUT2D eigenvalue weighted by molar-refractivity contribution is -0.906. The molecule has 0 aromatic heterocycles. The highest BCUT2D eigenvalue weighted by Gasteiger charge is 2.20. The maximum atomic E-state index is 10.3. The Balaban J connectivity index is 1.76. The number of aliphatic hydroxyl groups is 3. The third kappa shape index (κ3) is 8.88. The van der Waals surface area contributed by atoms with Crippen molar-refractivity contribution in [3.8, 4) is 11.5 Å². The minimum absolute atomic E-state index is 0.0801. The number of quaternary nitrogens is 1. The van der Waals surface area contributed by atoms with Crippen molar-refractivity contribution in [1.29, 1.82) is 0 Å². The van der Waals surface area contributed by atoms with Crippen LogP contribution in [0.4, 0.5) is 0 Å². The van der Waals surface area contributed by atoms with E-state index in [-0.39, 0.29) is 19.8 Å². The molecule has 148 valence electrons. The highest BCUT2D eigenvalue weighted by Crippen LogP contribution is 2.09. The minimum Gasteiger partial charge on any atom is -0.491 e. The third-order valence-electron chi connectivity index (χ3n) is 4.11. The molecule has 0 aliphatic rings. The lowest BCUT2D eigenvalue weighted by Crippen LogP contribution is -3.14. The van der Waals surface area contributed by atoms with Crippen LogP contribution >= 0.6 is 0 Å². The van der Waals surface area contributed by atoms with Crippen molar-refractivity contribution in [2.24, 2.45) is 0 Å². The number of ether oxygens (including phenoxy) is 2. The maximum Gasteiger partial charge on any atom is 0.137 e. The summed E-state index contributed by atoms with van der Waals surface area (Å²) in [5.74, 6) is 1.43. The van der Waals surface area contributed by atoms with Gasteiger partial charge in [0.05, 0.1) is 6.54 Å². The Morgan fingerprint density at radius 1 is 0.741 bits per heavy atom. The number of para-hydroxylation sites is 2. The lowest BCUT2D eigenvalue weighted by atomic mass is 10.2. The molecule has 0 saturated heterocycles. The lowest BCUT2D eigenvalue weighted by Gasteiger charge is -2.24. The van der Waals surface area contributed by atoms with Gasteiger partial charge in [-0.3, -0.25) is 0 Å². The first kappa shape index (κ1) is 21.2. The molecule has 27 heavy (non-hydrogen) atoms. The summed E-state index contributed by atoms with van der Waals surface area (Å²) >= 11 is 0. The average Bonchev–Trinajstić information content (AvgIpc) is 2.70. The summed E-state index contributed by atoms with van der Waals surface area (Å²) in [6.07, 6.45) is -0.726. The second-order valence-corrected chi connectivity index (χ2v) is 6.54. The van der Waals surface area contributed by atoms with Crippen LogP contribution in [0.25, 0.3) is 0 Å². The van der Waals surface area contributed by atoms with Crippen molar-refractivity contribution in [1.82, 2.24) is 0 Å². The van der Waals surface area contributed by atoms with Gasteiger partial charge in [0.2, 0.25) is 0 Å². The summed E-state index contributed by atoms with van der Waals surface area (Å²) in [5, 5.41) is 29.7. The Morgan fingerprint density at radius 3 is 1.59 bits per heavy atom. The van der Waals surface area contributed by atoms with Gasteiger partial charge in [0, 0.05) is 13.0 Å². The molecule has 0 saturated carbocycles. The largest absolute Gasteiger partial charge is 0.491 e. The van der Waals surface area contributed by atoms with Gasteiger partial charge in [0.25, 0.3) is 0 Å². The van der Waals surface area contributed by atoms with Gasteiger partial charge >= 0.3 is 0 Å². The van der Waals surface area contributed by atoms with Crippen molar-refractivity contribution >= 4 is 0 Å². The van der Waals surface area contributed by atoms with Crippen LogP contribution in [-0.2, 0) is 0 Å². The highest BCUT2D eigenvalue weighted by molar-refractivity contribution is 5.21. The maximum absolute atomic E-state index is 10.3.